The van der Waals surface area contributed by atoms with E-state index in [9.17, 15) is 38.5 Å². The van der Waals surface area contributed by atoms with Gasteiger partial charge in [0, 0.05) is 137 Å². The fraction of sp³-hybridized carbons (Fsp3) is 0.409. The molecule has 5 aromatic carbocycles. The van der Waals surface area contributed by atoms with Gasteiger partial charge in [-0.1, -0.05) is 103 Å². The Morgan fingerprint density at radius 2 is 0.679 bits per heavy atom. The summed E-state index contributed by atoms with van der Waals surface area (Å²) in [6, 6.07) is 43.2. The summed E-state index contributed by atoms with van der Waals surface area (Å²) in [5.74, 6) is 4.21. The zero-order valence-corrected chi connectivity index (χ0v) is 77.9. The van der Waals surface area contributed by atoms with Crippen molar-refractivity contribution in [3.8, 4) is 44.5 Å². The van der Waals surface area contributed by atoms with Crippen molar-refractivity contribution in [1.29, 1.82) is 0 Å². The zero-order valence-electron chi connectivity index (χ0n) is 74.6. The lowest BCUT2D eigenvalue weighted by atomic mass is 9.79. The monoisotopic (exact) mass is 1860 g/mol. The molecular weight excluding hydrogens is 1740 g/mol. The van der Waals surface area contributed by atoms with E-state index in [1.807, 2.05) is 103 Å². The maximum Gasteiger partial charge on any atom is 0.223 e. The van der Waals surface area contributed by atoms with E-state index < -0.39 is 40.1 Å². The first-order valence-corrected chi connectivity index (χ1v) is 51.9. The summed E-state index contributed by atoms with van der Waals surface area (Å²) in [7, 11) is -8.85. The summed E-state index contributed by atoms with van der Waals surface area (Å²) < 4.78 is 111. The Hall–Kier alpha value is -11.3. The van der Waals surface area contributed by atoms with E-state index >= 15 is 0 Å². The molecule has 34 nitrogen and oxygen atoms in total. The van der Waals surface area contributed by atoms with Crippen molar-refractivity contribution in [2.24, 2.45) is 35.3 Å². The Labute approximate surface area is 764 Å². The molecule has 0 bridgehead atoms. The van der Waals surface area contributed by atoms with Crippen molar-refractivity contribution < 1.29 is 38.5 Å². The van der Waals surface area contributed by atoms with Crippen molar-refractivity contribution in [2.75, 3.05) is 114 Å². The lowest BCUT2D eigenvalue weighted by molar-refractivity contribution is -0.127. The molecule has 13 aromatic rings. The molecule has 0 radical (unpaired) electrons. The topological polar surface area (TPSA) is 476 Å². The highest BCUT2D eigenvalue weighted by molar-refractivity contribution is 7.89. The zero-order chi connectivity index (χ0) is 92.2. The Bertz CT molecular complexity index is 6780. The number of nitrogens with zero attached hydrogens (tertiary/aromatic N) is 15. The number of carbonyl (C=O) groups is 1. The Morgan fingerprint density at radius 3 is 0.985 bits per heavy atom. The van der Waals surface area contributed by atoms with Gasteiger partial charge in [-0.2, -0.15) is 0 Å². The van der Waals surface area contributed by atoms with Crippen LogP contribution in [-0.4, -0.2) is 204 Å². The van der Waals surface area contributed by atoms with Crippen LogP contribution in [0.25, 0.3) is 88.6 Å². The van der Waals surface area contributed by atoms with Crippen LogP contribution in [0.3, 0.4) is 0 Å². The maximum absolute atomic E-state index is 11.5. The van der Waals surface area contributed by atoms with Crippen molar-refractivity contribution in [1.82, 2.24) is 97.0 Å². The van der Waals surface area contributed by atoms with Crippen LogP contribution in [0, 0.1) is 29.6 Å². The van der Waals surface area contributed by atoms with Gasteiger partial charge < -0.3 is 67.0 Å². The average Bonchev–Trinajstić information content (AvgIpc) is 1.62. The van der Waals surface area contributed by atoms with Crippen LogP contribution in [0.2, 0.25) is 0 Å². The van der Waals surface area contributed by atoms with Crippen molar-refractivity contribution in [3.63, 3.8) is 0 Å². The summed E-state index contributed by atoms with van der Waals surface area (Å²) in [5, 5.41) is 6.94. The molecule has 0 atom stereocenters. The number of rotatable bonds is 31. The number of nitrogens with one attached hydrogen (secondary N) is 5. The number of amides is 1. The molecule has 2 aliphatic heterocycles. The Kier molecular flexibility index (Phi) is 28.1. The molecule has 15 N–H and O–H groups in total. The molecule has 131 heavy (non-hydrogen) atoms. The molecule has 6 fully saturated rings. The van der Waals surface area contributed by atoms with Crippen LogP contribution in [0.5, 0.6) is 0 Å². The van der Waals surface area contributed by atoms with Crippen LogP contribution in [0.4, 0.5) is 23.3 Å². The molecule has 0 unspecified atom stereocenters. The number of aromatic nitrogens is 12. The molecule has 4 aliphatic carbocycles. The van der Waals surface area contributed by atoms with Gasteiger partial charge in [0.05, 0.1) is 52.5 Å². The average molecular weight is 1860 g/mol. The molecule has 2 saturated heterocycles. The predicted molar refractivity (Wildman–Crippen MR) is 515 cm³/mol. The molecule has 0 spiro atoms. The normalized spacial score (nSPS) is 20.1. The van der Waals surface area contributed by atoms with Gasteiger partial charge >= 0.3 is 0 Å². The lowest BCUT2D eigenvalue weighted by Gasteiger charge is -2.44. The highest BCUT2D eigenvalue weighted by Crippen LogP contribution is 2.48. The third-order valence-electron chi connectivity index (χ3n) is 25.9. The fourth-order valence-corrected chi connectivity index (χ4v) is 20.8. The molecule has 10 heterocycles. The number of fused-ring (bicyclic) bond motifs is 4. The van der Waals surface area contributed by atoms with Crippen LogP contribution in [0.1, 0.15) is 116 Å². The van der Waals surface area contributed by atoms with E-state index in [0.29, 0.717) is 65.2 Å². The Morgan fingerprint density at radius 1 is 0.382 bits per heavy atom. The van der Waals surface area contributed by atoms with Crippen LogP contribution in [0.15, 0.2) is 177 Å². The van der Waals surface area contributed by atoms with Gasteiger partial charge in [-0.25, -0.2) is 92.4 Å². The highest BCUT2D eigenvalue weighted by atomic mass is 32.2. The van der Waals surface area contributed by atoms with Gasteiger partial charge in [0.2, 0.25) is 46.0 Å². The van der Waals surface area contributed by atoms with E-state index in [4.69, 9.17) is 28.7 Å². The predicted octanol–water partition coefficient (Wildman–Crippen LogP) is 9.59. The number of likely N-dealkylation sites (tertiary alicyclic amines) is 2. The van der Waals surface area contributed by atoms with E-state index in [1.54, 1.807) is 0 Å². The first kappa shape index (κ1) is 93.0. The number of carbonyl (C=O) groups excluding carboxylic acids is 1. The first-order chi connectivity index (χ1) is 62.6. The van der Waals surface area contributed by atoms with E-state index in [1.165, 1.54) is 63.3 Å². The van der Waals surface area contributed by atoms with Gasteiger partial charge in [-0.3, -0.25) is 4.79 Å². The van der Waals surface area contributed by atoms with Crippen LogP contribution in [-0.2, 0) is 77.6 Å². The third-order valence-corrected chi connectivity index (χ3v) is 28.6. The molecule has 692 valence electrons. The van der Waals surface area contributed by atoms with Gasteiger partial charge in [0.25, 0.3) is 0 Å². The number of nitrogen functional groups attached to an aromatic ring is 4. The van der Waals surface area contributed by atoms with Crippen molar-refractivity contribution >= 4 is 113 Å². The maximum atomic E-state index is 11.5. The number of hydrogen-bond donors (Lipinski definition) is 10. The first-order valence-electron chi connectivity index (χ1n) is 44.4. The molecule has 8 aromatic heterocycles. The largest absolute Gasteiger partial charge is 0.383 e. The highest BCUT2D eigenvalue weighted by Gasteiger charge is 2.40. The van der Waals surface area contributed by atoms with E-state index in [0.717, 1.165) is 232 Å². The second-order valence-corrected chi connectivity index (χ2v) is 43.8. The molecule has 6 aliphatic rings. The van der Waals surface area contributed by atoms with Crippen LogP contribution < -0.4 is 52.9 Å². The van der Waals surface area contributed by atoms with E-state index in [2.05, 4.69) is 160 Å². The van der Waals surface area contributed by atoms with Gasteiger partial charge in [0.1, 0.15) is 71.2 Å². The third kappa shape index (κ3) is 22.9. The standard InChI is InChI=1S/C26H30N6O2S.C23H29N7O3S.C23H30N6O2S.C21H28N6O2S/c1-35(33,34)31-15-19-8-5-9-21(10-19)23-16-32(26-24(23)25(27)29-17-30-26)22-11-20(12-22)14-28-13-18-6-3-2-4-7-18;1-34(32,33)28-8-14-3-2-4-16(5-14)19-12-30(23-20(19)21(24)26-13-27-23)18-6-15(7-18)9-29-10-17(11-29)22(25)31;1-32(30,31)27-12-16-5-4-6-18(9-16)20-14-29(23-21(20)22(24)25-15-26-23)19-10-17(11-19)13-28-7-2-3-8-28;1-26(2)11-15-8-17(9-15)27-12-18(19-20(22)23-13-24-21(19)27)16-6-4-5-14(7-16)10-25-30(3,28)29/h2-10,16-17,20,22,28,31H,11-15H2,1H3,(H2,27,29,30);2-5,12-13,15,17-18,28H,6-11H2,1H3,(H2,25,31)(H2,24,26,27);4-6,9,14-15,17,19,27H,2-3,7-8,10-13H2,1H3,(H2,24,25,26);4-7,12-13,15,17,25H,8-11H2,1-3H3,(H2,22,23,24). The summed E-state index contributed by atoms with van der Waals surface area (Å²) in [5.41, 5.74) is 46.4. The SMILES string of the molecule is CN(C)CC1CC(n2cc(-c3cccc(CNS(C)(=O)=O)c3)c3c(N)ncnc32)C1.CS(=O)(=O)NCc1cccc(-c2cn(C3CC(CN4CC(C(N)=O)C4)C3)c3ncnc(N)c23)c1.CS(=O)(=O)NCc1cccc(-c2cn(C3CC(CN4CCCC4)C3)c3ncnc(N)c23)c1.CS(=O)(=O)NCc1cccc(-c2cn(C3CC(CNCc4ccccc4)C3)c3ncnc(N)c23)c1. The molecule has 19 rings (SSSR count). The molecule has 38 heteroatoms. The number of hydrogen-bond acceptors (Lipinski definition) is 25. The smallest absolute Gasteiger partial charge is 0.223 e. The minimum Gasteiger partial charge on any atom is -0.383 e. The Balaban J connectivity index is 0.000000128. The summed E-state index contributed by atoms with van der Waals surface area (Å²) in [4.78, 5) is 53.5. The molecule has 1 amide bonds. The summed E-state index contributed by atoms with van der Waals surface area (Å²) >= 11 is 0. The minimum absolute atomic E-state index is 0.00473. The van der Waals surface area contributed by atoms with Gasteiger partial charge in [-0.15, -0.1) is 0 Å². The molecule has 4 saturated carbocycles. The number of primary amides is 1. The van der Waals surface area contributed by atoms with E-state index in [-0.39, 0.29) is 38.0 Å². The lowest BCUT2D eigenvalue weighted by Crippen LogP contribution is -2.54. The van der Waals surface area contributed by atoms with Crippen molar-refractivity contribution in [3.05, 3.63) is 205 Å². The summed E-state index contributed by atoms with van der Waals surface area (Å²) in [6.07, 6.45) is 30.6. The second kappa shape index (κ2) is 39.6. The quantitative estimate of drug-likeness (QED) is 0.0193. The summed E-state index contributed by atoms with van der Waals surface area (Å²) in [6.45, 7) is 10.1. The van der Waals surface area contributed by atoms with Gasteiger partial charge in [-0.05, 0) is 196 Å². The number of nitrogens with two attached hydrogens (primary N) is 5. The van der Waals surface area contributed by atoms with Crippen LogP contribution >= 0.6 is 0 Å². The number of sulfonamides is 4. The number of anilines is 4. The molecular formula is C93H117N25O9S4. The van der Waals surface area contributed by atoms with Crippen molar-refractivity contribution in [2.45, 2.75) is 121 Å². The van der Waals surface area contributed by atoms with Gasteiger partial charge in [0.15, 0.2) is 0 Å². The fourth-order valence-electron chi connectivity index (χ4n) is 19.1. The number of benzene rings is 5. The minimum atomic E-state index is -3.28. The second-order valence-electron chi connectivity index (χ2n) is 36.5.